The molecule has 0 N–H and O–H groups in total. The van der Waals surface area contributed by atoms with E-state index in [1.54, 1.807) is 42.5 Å². The van der Waals surface area contributed by atoms with Gasteiger partial charge in [-0.3, -0.25) is 0 Å². The van der Waals surface area contributed by atoms with E-state index in [1.807, 2.05) is 6.08 Å². The normalized spacial score (nSPS) is 29.0. The molecule has 3 nitrogen and oxygen atoms in total. The molecule has 16 heavy (non-hydrogen) atoms. The predicted molar refractivity (Wildman–Crippen MR) is 60.1 cm³/mol. The number of hydrogen-bond donors (Lipinski definition) is 0. The van der Waals surface area contributed by atoms with Crippen LogP contribution in [0.15, 0.2) is 53.5 Å². The molecule has 1 heterocycles. The van der Waals surface area contributed by atoms with Crippen molar-refractivity contribution < 1.29 is 13.2 Å². The van der Waals surface area contributed by atoms with Crippen molar-refractivity contribution in [3.8, 4) is 5.75 Å². The molecule has 1 aliphatic carbocycles. The molecule has 2 unspecified atom stereocenters. The lowest BCUT2D eigenvalue weighted by Crippen LogP contribution is -2.40. The van der Waals surface area contributed by atoms with Crippen LogP contribution in [0.5, 0.6) is 5.75 Å². The molecule has 4 heteroatoms. The van der Waals surface area contributed by atoms with Gasteiger partial charge in [-0.05, 0) is 18.2 Å². The number of allylic oxidation sites excluding steroid dienone is 2. The summed E-state index contributed by atoms with van der Waals surface area (Å²) in [6, 6.07) is 6.77. The monoisotopic (exact) mass is 234 g/mol. The van der Waals surface area contributed by atoms with E-state index < -0.39 is 21.2 Å². The van der Waals surface area contributed by atoms with Gasteiger partial charge in [-0.25, -0.2) is 8.42 Å². The third-order valence-corrected chi connectivity index (χ3v) is 4.91. The Labute approximate surface area is 94.0 Å². The minimum absolute atomic E-state index is 0.288. The Hall–Kier alpha value is -1.55. The van der Waals surface area contributed by atoms with Gasteiger partial charge in [0.05, 0.1) is 0 Å². The van der Waals surface area contributed by atoms with Crippen LogP contribution in [0.2, 0.25) is 0 Å². The molecule has 2 aliphatic rings. The van der Waals surface area contributed by atoms with Crippen LogP contribution in [-0.2, 0) is 9.84 Å². The predicted octanol–water partition coefficient (Wildman–Crippen LogP) is 1.72. The zero-order chi connectivity index (χ0) is 11.2. The third-order valence-electron chi connectivity index (χ3n) is 2.81. The first-order valence-electron chi connectivity index (χ1n) is 5.04. The van der Waals surface area contributed by atoms with Gasteiger partial charge in [0.25, 0.3) is 0 Å². The quantitative estimate of drug-likeness (QED) is 0.686. The fourth-order valence-electron chi connectivity index (χ4n) is 2.03. The summed E-state index contributed by atoms with van der Waals surface area (Å²) in [7, 11) is -3.31. The Balaban J connectivity index is 2.23. The number of rotatable bonds is 0. The van der Waals surface area contributed by atoms with Crippen LogP contribution in [0.3, 0.4) is 0 Å². The molecule has 0 spiro atoms. The smallest absolute Gasteiger partial charge is 0.192 e. The van der Waals surface area contributed by atoms with Crippen LogP contribution < -0.4 is 4.74 Å². The molecule has 2 atom stereocenters. The number of hydrogen-bond acceptors (Lipinski definition) is 3. The summed E-state index contributed by atoms with van der Waals surface area (Å²) in [5.41, 5.74) is 0. The van der Waals surface area contributed by atoms with Crippen molar-refractivity contribution >= 4 is 9.84 Å². The summed E-state index contributed by atoms with van der Waals surface area (Å²) in [4.78, 5) is 0.288. The molecular formula is C12H10O3S. The minimum atomic E-state index is -3.31. The summed E-state index contributed by atoms with van der Waals surface area (Å²) >= 11 is 0. The van der Waals surface area contributed by atoms with E-state index in [0.717, 1.165) is 0 Å². The van der Waals surface area contributed by atoms with E-state index in [9.17, 15) is 8.42 Å². The van der Waals surface area contributed by atoms with Crippen molar-refractivity contribution in [1.82, 2.24) is 0 Å². The van der Waals surface area contributed by atoms with E-state index >= 15 is 0 Å². The van der Waals surface area contributed by atoms with Crippen LogP contribution in [0.25, 0.3) is 0 Å². The first-order valence-corrected chi connectivity index (χ1v) is 6.59. The average molecular weight is 234 g/mol. The van der Waals surface area contributed by atoms with Gasteiger partial charge in [0, 0.05) is 0 Å². The molecular weight excluding hydrogens is 224 g/mol. The van der Waals surface area contributed by atoms with Gasteiger partial charge >= 0.3 is 0 Å². The van der Waals surface area contributed by atoms with Crippen molar-refractivity contribution in [2.75, 3.05) is 0 Å². The Morgan fingerprint density at radius 1 is 1.06 bits per heavy atom. The van der Waals surface area contributed by atoms with Crippen molar-refractivity contribution in [3.05, 3.63) is 48.6 Å². The highest BCUT2D eigenvalue weighted by atomic mass is 32.2. The summed E-state index contributed by atoms with van der Waals surface area (Å²) in [6.07, 6.45) is 6.61. The standard InChI is InChI=1S/C12H10O3S/c13-16(14)11-7-3-1-5-9(11)15-10-6-2-4-8-12(10)16/h1-9,11H. The molecule has 1 aromatic carbocycles. The van der Waals surface area contributed by atoms with Crippen LogP contribution in [0, 0.1) is 0 Å². The van der Waals surface area contributed by atoms with E-state index in [2.05, 4.69) is 0 Å². The van der Waals surface area contributed by atoms with Crippen LogP contribution in [0.1, 0.15) is 0 Å². The van der Waals surface area contributed by atoms with Crippen molar-refractivity contribution in [2.45, 2.75) is 16.2 Å². The van der Waals surface area contributed by atoms with Gasteiger partial charge in [0.15, 0.2) is 9.84 Å². The largest absolute Gasteiger partial charge is 0.483 e. The molecule has 0 aromatic heterocycles. The van der Waals surface area contributed by atoms with Crippen LogP contribution in [0.4, 0.5) is 0 Å². The molecule has 0 radical (unpaired) electrons. The lowest BCUT2D eigenvalue weighted by Gasteiger charge is -2.31. The van der Waals surface area contributed by atoms with Crippen molar-refractivity contribution in [3.63, 3.8) is 0 Å². The molecule has 3 rings (SSSR count). The highest BCUT2D eigenvalue weighted by Crippen LogP contribution is 2.36. The second-order valence-electron chi connectivity index (χ2n) is 3.81. The zero-order valence-electron chi connectivity index (χ0n) is 8.41. The lowest BCUT2D eigenvalue weighted by molar-refractivity contribution is 0.237. The second-order valence-corrected chi connectivity index (χ2v) is 5.88. The first kappa shape index (κ1) is 9.66. The number of para-hydroxylation sites is 1. The van der Waals surface area contributed by atoms with Gasteiger partial charge < -0.3 is 4.74 Å². The number of ether oxygens (including phenoxy) is 1. The lowest BCUT2D eigenvalue weighted by atomic mass is 10.1. The maximum Gasteiger partial charge on any atom is 0.192 e. The van der Waals surface area contributed by atoms with Gasteiger partial charge in [-0.2, -0.15) is 0 Å². The Kier molecular flexibility index (Phi) is 1.94. The summed E-state index contributed by atoms with van der Waals surface area (Å²) in [5, 5.41) is -0.590. The van der Waals surface area contributed by atoms with E-state index in [1.165, 1.54) is 0 Å². The molecule has 0 amide bonds. The fraction of sp³-hybridized carbons (Fsp3) is 0.167. The van der Waals surface area contributed by atoms with Gasteiger partial charge in [-0.1, -0.05) is 30.4 Å². The molecule has 0 saturated heterocycles. The Morgan fingerprint density at radius 2 is 1.81 bits per heavy atom. The van der Waals surface area contributed by atoms with Gasteiger partial charge in [-0.15, -0.1) is 0 Å². The molecule has 0 fully saturated rings. The number of fused-ring (bicyclic) bond motifs is 2. The topological polar surface area (TPSA) is 43.4 Å². The highest BCUT2D eigenvalue weighted by Gasteiger charge is 2.40. The van der Waals surface area contributed by atoms with Crippen molar-refractivity contribution in [2.24, 2.45) is 0 Å². The molecule has 0 saturated carbocycles. The minimum Gasteiger partial charge on any atom is -0.483 e. The fourth-order valence-corrected chi connectivity index (χ4v) is 3.78. The zero-order valence-corrected chi connectivity index (χ0v) is 9.22. The summed E-state index contributed by atoms with van der Waals surface area (Å²) in [5.74, 6) is 0.448. The maximum atomic E-state index is 12.3. The van der Waals surface area contributed by atoms with Crippen molar-refractivity contribution in [1.29, 1.82) is 0 Å². The summed E-state index contributed by atoms with van der Waals surface area (Å²) < 4.78 is 30.2. The second kappa shape index (κ2) is 3.22. The third kappa shape index (κ3) is 1.23. The molecule has 1 aromatic rings. The maximum absolute atomic E-state index is 12.3. The number of benzene rings is 1. The van der Waals surface area contributed by atoms with Crippen LogP contribution >= 0.6 is 0 Å². The molecule has 1 aliphatic heterocycles. The average Bonchev–Trinajstić information content (AvgIpc) is 2.29. The van der Waals surface area contributed by atoms with E-state index in [-0.39, 0.29) is 4.90 Å². The van der Waals surface area contributed by atoms with Gasteiger partial charge in [0.2, 0.25) is 0 Å². The number of sulfone groups is 1. The summed E-state index contributed by atoms with van der Waals surface area (Å²) in [6.45, 7) is 0. The highest BCUT2D eigenvalue weighted by molar-refractivity contribution is 7.92. The van der Waals surface area contributed by atoms with E-state index in [0.29, 0.717) is 5.75 Å². The van der Waals surface area contributed by atoms with Crippen LogP contribution in [-0.4, -0.2) is 19.8 Å². The Bertz CT molecular complexity index is 584. The SMILES string of the molecule is O=S1(=O)c2ccccc2OC2C=CC=CC21. The first-order chi connectivity index (χ1) is 7.69. The molecule has 0 bridgehead atoms. The van der Waals surface area contributed by atoms with E-state index in [4.69, 9.17) is 4.74 Å². The molecule has 82 valence electrons. The Morgan fingerprint density at radius 3 is 2.69 bits per heavy atom. The van der Waals surface area contributed by atoms with Gasteiger partial charge in [0.1, 0.15) is 22.0 Å².